The van der Waals surface area contributed by atoms with E-state index >= 15 is 0 Å². The number of hydrogen-bond donors (Lipinski definition) is 1. The van der Waals surface area contributed by atoms with Crippen molar-refractivity contribution < 1.29 is 22.7 Å². The molecule has 0 spiro atoms. The number of para-hydroxylation sites is 1. The zero-order valence-corrected chi connectivity index (χ0v) is 20.2. The predicted molar refractivity (Wildman–Crippen MR) is 134 cm³/mol. The first-order valence-corrected chi connectivity index (χ1v) is 13.4. The number of sulfone groups is 1. The molecule has 180 valence electrons. The molecule has 1 fully saturated rings. The van der Waals surface area contributed by atoms with E-state index in [2.05, 4.69) is 11.4 Å². The average molecular weight is 491 g/mol. The highest BCUT2D eigenvalue weighted by Gasteiger charge is 2.39. The molecule has 1 atom stereocenters. The first-order chi connectivity index (χ1) is 16.7. The molecule has 5 rings (SSSR count). The molecule has 0 bridgehead atoms. The Balaban J connectivity index is 1.41. The number of allylic oxidation sites excluding steroid dienone is 1. The van der Waals surface area contributed by atoms with Crippen LogP contribution in [0.5, 0.6) is 0 Å². The number of nitrogens with one attached hydrogen (secondary N) is 1. The van der Waals surface area contributed by atoms with Gasteiger partial charge in [-0.25, -0.2) is 18.2 Å². The summed E-state index contributed by atoms with van der Waals surface area (Å²) in [5.41, 5.74) is 4.01. The van der Waals surface area contributed by atoms with Gasteiger partial charge in [-0.2, -0.15) is 0 Å². The number of benzene rings is 2. The van der Waals surface area contributed by atoms with Crippen LogP contribution in [0.3, 0.4) is 0 Å². The standard InChI is InChI=1S/C27H26N2O5S/c1-27(13-14-35(32,33)17-27)29-23(30)16-34-26(31)24-20-9-5-6-10-22(20)28-25-19(11-12-21(24)25)15-18-7-3-2-4-8-18/h2-10,15H,11-14,16-17H2,1H3,(H,29,30)/b19-15+. The molecule has 35 heavy (non-hydrogen) atoms. The van der Waals surface area contributed by atoms with Crippen molar-refractivity contribution in [1.29, 1.82) is 0 Å². The van der Waals surface area contributed by atoms with Crippen molar-refractivity contribution in [2.24, 2.45) is 0 Å². The molecule has 3 aromatic rings. The van der Waals surface area contributed by atoms with E-state index in [9.17, 15) is 18.0 Å². The largest absolute Gasteiger partial charge is 0.452 e. The summed E-state index contributed by atoms with van der Waals surface area (Å²) in [5.74, 6) is -1.17. The summed E-state index contributed by atoms with van der Waals surface area (Å²) in [6.45, 7) is 1.22. The molecular formula is C27H26N2O5S. The maximum absolute atomic E-state index is 13.3. The highest BCUT2D eigenvalue weighted by Crippen LogP contribution is 2.37. The first kappa shape index (κ1) is 23.2. The quantitative estimate of drug-likeness (QED) is 0.549. The van der Waals surface area contributed by atoms with Crippen molar-refractivity contribution in [1.82, 2.24) is 10.3 Å². The van der Waals surface area contributed by atoms with Gasteiger partial charge >= 0.3 is 5.97 Å². The van der Waals surface area contributed by atoms with E-state index in [4.69, 9.17) is 9.72 Å². The fraction of sp³-hybridized carbons (Fsp3) is 0.296. The molecular weight excluding hydrogens is 464 g/mol. The van der Waals surface area contributed by atoms with Crippen LogP contribution in [0.15, 0.2) is 54.6 Å². The Hall–Kier alpha value is -3.52. The number of rotatable bonds is 5. The number of fused-ring (bicyclic) bond motifs is 2. The van der Waals surface area contributed by atoms with Gasteiger partial charge in [-0.3, -0.25) is 4.79 Å². The Morgan fingerprint density at radius 1 is 1.09 bits per heavy atom. The van der Waals surface area contributed by atoms with E-state index in [1.807, 2.05) is 54.6 Å². The number of amides is 1. The summed E-state index contributed by atoms with van der Waals surface area (Å²) in [4.78, 5) is 30.6. The number of aromatic nitrogens is 1. The zero-order chi connectivity index (χ0) is 24.6. The molecule has 1 amide bonds. The third-order valence-corrected chi connectivity index (χ3v) is 8.47. The minimum absolute atomic E-state index is 0.0392. The summed E-state index contributed by atoms with van der Waals surface area (Å²) >= 11 is 0. The summed E-state index contributed by atoms with van der Waals surface area (Å²) < 4.78 is 29.0. The molecule has 8 heteroatoms. The van der Waals surface area contributed by atoms with Crippen LogP contribution in [-0.4, -0.2) is 48.9 Å². The molecule has 1 unspecified atom stereocenters. The highest BCUT2D eigenvalue weighted by molar-refractivity contribution is 7.91. The highest BCUT2D eigenvalue weighted by atomic mass is 32.2. The summed E-state index contributed by atoms with van der Waals surface area (Å²) in [6.07, 6.45) is 3.83. The van der Waals surface area contributed by atoms with Crippen LogP contribution in [-0.2, 0) is 25.8 Å². The van der Waals surface area contributed by atoms with Crippen LogP contribution in [0, 0.1) is 0 Å². The van der Waals surface area contributed by atoms with Gasteiger partial charge in [0.25, 0.3) is 5.91 Å². The van der Waals surface area contributed by atoms with Gasteiger partial charge in [0.1, 0.15) is 0 Å². The topological polar surface area (TPSA) is 102 Å². The third kappa shape index (κ3) is 4.84. The normalized spacial score (nSPS) is 21.7. The smallest absolute Gasteiger partial charge is 0.339 e. The van der Waals surface area contributed by atoms with Crippen LogP contribution in [0.25, 0.3) is 22.6 Å². The second kappa shape index (κ2) is 8.92. The van der Waals surface area contributed by atoms with Crippen molar-refractivity contribution in [3.05, 3.63) is 77.0 Å². The maximum atomic E-state index is 13.3. The van der Waals surface area contributed by atoms with Gasteiger partial charge in [0.05, 0.1) is 33.8 Å². The number of hydrogen-bond acceptors (Lipinski definition) is 6. The molecule has 1 saturated heterocycles. The second-order valence-corrected chi connectivity index (χ2v) is 11.6. The molecule has 1 aliphatic carbocycles. The lowest BCUT2D eigenvalue weighted by Crippen LogP contribution is -2.48. The summed E-state index contributed by atoms with van der Waals surface area (Å²) in [7, 11) is -3.17. The van der Waals surface area contributed by atoms with E-state index in [1.54, 1.807) is 6.92 Å². The van der Waals surface area contributed by atoms with Crippen LogP contribution < -0.4 is 5.32 Å². The molecule has 1 N–H and O–H groups in total. The fourth-order valence-electron chi connectivity index (χ4n) is 4.95. The fourth-order valence-corrected chi connectivity index (χ4v) is 7.04. The van der Waals surface area contributed by atoms with E-state index in [1.165, 1.54) is 0 Å². The van der Waals surface area contributed by atoms with Crippen LogP contribution >= 0.6 is 0 Å². The van der Waals surface area contributed by atoms with Gasteiger partial charge in [0.2, 0.25) is 0 Å². The Morgan fingerprint density at radius 2 is 1.83 bits per heavy atom. The minimum Gasteiger partial charge on any atom is -0.452 e. The van der Waals surface area contributed by atoms with Gasteiger partial charge < -0.3 is 10.1 Å². The van der Waals surface area contributed by atoms with Gasteiger partial charge in [-0.15, -0.1) is 0 Å². The van der Waals surface area contributed by atoms with Crippen molar-refractivity contribution in [3.8, 4) is 0 Å². The van der Waals surface area contributed by atoms with E-state index in [0.29, 0.717) is 29.3 Å². The van der Waals surface area contributed by atoms with Crippen LogP contribution in [0.4, 0.5) is 0 Å². The van der Waals surface area contributed by atoms with E-state index in [-0.39, 0.29) is 11.5 Å². The summed E-state index contributed by atoms with van der Waals surface area (Å²) in [5, 5.41) is 3.41. The number of esters is 1. The number of nitrogens with zero attached hydrogens (tertiary/aromatic N) is 1. The lowest BCUT2D eigenvalue weighted by atomic mass is 10.0. The number of carbonyl (C=O) groups excluding carboxylic acids is 2. The molecule has 2 heterocycles. The Bertz CT molecular complexity index is 1460. The number of carbonyl (C=O) groups is 2. The molecule has 2 aromatic carbocycles. The Morgan fingerprint density at radius 3 is 2.57 bits per heavy atom. The molecule has 0 saturated carbocycles. The zero-order valence-electron chi connectivity index (χ0n) is 19.4. The third-order valence-electron chi connectivity index (χ3n) is 6.57. The molecule has 0 radical (unpaired) electrons. The van der Waals surface area contributed by atoms with Crippen LogP contribution in [0.1, 0.15) is 46.9 Å². The molecule has 2 aliphatic rings. The minimum atomic E-state index is -3.17. The van der Waals surface area contributed by atoms with Crippen molar-refractivity contribution in [2.75, 3.05) is 18.1 Å². The summed E-state index contributed by atoms with van der Waals surface area (Å²) in [6, 6.07) is 17.4. The monoisotopic (exact) mass is 490 g/mol. The maximum Gasteiger partial charge on any atom is 0.339 e. The molecule has 7 nitrogen and oxygen atoms in total. The SMILES string of the molecule is CC1(NC(=O)COC(=O)c2c3c(nc4ccccc24)/C(=C/c2ccccc2)CC3)CCS(=O)(=O)C1. The van der Waals surface area contributed by atoms with Crippen molar-refractivity contribution >= 4 is 44.3 Å². The predicted octanol–water partition coefficient (Wildman–Crippen LogP) is 3.57. The Labute approximate surface area is 204 Å². The van der Waals surface area contributed by atoms with Crippen molar-refractivity contribution in [3.63, 3.8) is 0 Å². The number of ether oxygens (including phenoxy) is 1. The molecule has 1 aliphatic heterocycles. The van der Waals surface area contributed by atoms with Gasteiger partial charge in [0.15, 0.2) is 16.4 Å². The molecule has 1 aromatic heterocycles. The lowest BCUT2D eigenvalue weighted by molar-refractivity contribution is -0.125. The number of pyridine rings is 1. The van der Waals surface area contributed by atoms with Crippen molar-refractivity contribution in [2.45, 2.75) is 31.7 Å². The van der Waals surface area contributed by atoms with E-state index < -0.39 is 33.9 Å². The Kier molecular flexibility index (Phi) is 5.92. The van der Waals surface area contributed by atoms with Gasteiger partial charge in [0, 0.05) is 5.39 Å². The van der Waals surface area contributed by atoms with E-state index in [0.717, 1.165) is 28.8 Å². The van der Waals surface area contributed by atoms with Crippen LogP contribution in [0.2, 0.25) is 0 Å². The van der Waals surface area contributed by atoms with Gasteiger partial charge in [-0.05, 0) is 55.0 Å². The van der Waals surface area contributed by atoms with Gasteiger partial charge in [-0.1, -0.05) is 48.5 Å². The lowest BCUT2D eigenvalue weighted by Gasteiger charge is -2.23. The second-order valence-electron chi connectivity index (χ2n) is 9.44. The average Bonchev–Trinajstić information content (AvgIpc) is 3.35. The first-order valence-electron chi connectivity index (χ1n) is 11.6.